The molecule has 0 fully saturated rings. The van der Waals surface area contributed by atoms with Crippen molar-refractivity contribution < 1.29 is 14.3 Å². The maximum Gasteiger partial charge on any atom is 0.244 e. The van der Waals surface area contributed by atoms with Gasteiger partial charge in [0.25, 0.3) is 0 Å². The molecule has 0 aliphatic carbocycles. The van der Waals surface area contributed by atoms with Crippen LogP contribution in [0.2, 0.25) is 5.02 Å². The Morgan fingerprint density at radius 1 is 1.19 bits per heavy atom. The molecule has 3 rings (SSSR count). The standard InChI is InChI=1S/C15H13ClN2O3/c16-10-2-1-3-11(7-10)18-14(15(17)19)9-4-5-12-13(6-9)21-8-20-12/h1-7,14,18H,8H2,(H2,17,19). The third kappa shape index (κ3) is 2.87. The van der Waals surface area contributed by atoms with Gasteiger partial charge < -0.3 is 20.5 Å². The van der Waals surface area contributed by atoms with E-state index in [4.69, 9.17) is 26.8 Å². The summed E-state index contributed by atoms with van der Waals surface area (Å²) in [6.45, 7) is 0.182. The minimum Gasteiger partial charge on any atom is -0.454 e. The summed E-state index contributed by atoms with van der Waals surface area (Å²) in [6.07, 6.45) is 0. The molecule has 2 aromatic carbocycles. The van der Waals surface area contributed by atoms with E-state index in [1.165, 1.54) is 0 Å². The Labute approximate surface area is 126 Å². The maximum atomic E-state index is 11.7. The fourth-order valence-corrected chi connectivity index (χ4v) is 2.35. The van der Waals surface area contributed by atoms with Gasteiger partial charge in [0.05, 0.1) is 0 Å². The van der Waals surface area contributed by atoms with Crippen molar-refractivity contribution in [2.75, 3.05) is 12.1 Å². The van der Waals surface area contributed by atoms with Crippen molar-refractivity contribution in [2.45, 2.75) is 6.04 Å². The smallest absolute Gasteiger partial charge is 0.244 e. The number of ether oxygens (including phenoxy) is 2. The van der Waals surface area contributed by atoms with Crippen LogP contribution in [0.5, 0.6) is 11.5 Å². The molecule has 0 saturated heterocycles. The molecule has 3 N–H and O–H groups in total. The van der Waals surface area contributed by atoms with Crippen molar-refractivity contribution in [1.29, 1.82) is 0 Å². The molecule has 0 aromatic heterocycles. The number of anilines is 1. The van der Waals surface area contributed by atoms with Gasteiger partial charge in [0, 0.05) is 10.7 Å². The molecule has 0 saturated carbocycles. The molecule has 1 amide bonds. The summed E-state index contributed by atoms with van der Waals surface area (Å²) in [7, 11) is 0. The first-order valence-electron chi connectivity index (χ1n) is 6.34. The molecular weight excluding hydrogens is 292 g/mol. The SMILES string of the molecule is NC(=O)C(Nc1cccc(Cl)c1)c1ccc2c(c1)OCO2. The first-order chi connectivity index (χ1) is 10.1. The first kappa shape index (κ1) is 13.6. The van der Waals surface area contributed by atoms with E-state index in [0.717, 1.165) is 0 Å². The molecule has 1 atom stereocenters. The summed E-state index contributed by atoms with van der Waals surface area (Å²) >= 11 is 5.94. The average molecular weight is 305 g/mol. The van der Waals surface area contributed by atoms with Gasteiger partial charge in [-0.05, 0) is 35.9 Å². The molecule has 0 spiro atoms. The van der Waals surface area contributed by atoms with Crippen LogP contribution in [0.3, 0.4) is 0 Å². The Balaban J connectivity index is 1.89. The highest BCUT2D eigenvalue weighted by atomic mass is 35.5. The lowest BCUT2D eigenvalue weighted by atomic mass is 10.1. The van der Waals surface area contributed by atoms with Gasteiger partial charge in [-0.1, -0.05) is 23.7 Å². The zero-order valence-corrected chi connectivity index (χ0v) is 11.8. The number of amides is 1. The van der Waals surface area contributed by atoms with Gasteiger partial charge in [0.15, 0.2) is 11.5 Å². The monoisotopic (exact) mass is 304 g/mol. The van der Waals surface area contributed by atoms with Crippen LogP contribution in [0, 0.1) is 0 Å². The summed E-state index contributed by atoms with van der Waals surface area (Å²) < 4.78 is 10.6. The van der Waals surface area contributed by atoms with Crippen LogP contribution in [0.15, 0.2) is 42.5 Å². The van der Waals surface area contributed by atoms with Crippen LogP contribution in [0.1, 0.15) is 11.6 Å². The second-order valence-corrected chi connectivity index (χ2v) is 5.04. The molecule has 108 valence electrons. The fraction of sp³-hybridized carbons (Fsp3) is 0.133. The Kier molecular flexibility index (Phi) is 3.58. The van der Waals surface area contributed by atoms with E-state index in [-0.39, 0.29) is 6.79 Å². The molecule has 0 bridgehead atoms. The predicted molar refractivity (Wildman–Crippen MR) is 79.6 cm³/mol. The minimum absolute atomic E-state index is 0.182. The number of halogens is 1. The number of carbonyl (C=O) groups excluding carboxylic acids is 1. The van der Waals surface area contributed by atoms with Crippen LogP contribution in [-0.2, 0) is 4.79 Å². The molecule has 6 heteroatoms. The van der Waals surface area contributed by atoms with E-state index in [2.05, 4.69) is 5.32 Å². The maximum absolute atomic E-state index is 11.7. The molecule has 1 aliphatic heterocycles. The van der Waals surface area contributed by atoms with Crippen LogP contribution >= 0.6 is 11.6 Å². The van der Waals surface area contributed by atoms with Gasteiger partial charge in [-0.2, -0.15) is 0 Å². The second-order valence-electron chi connectivity index (χ2n) is 4.60. The number of nitrogens with one attached hydrogen (secondary N) is 1. The third-order valence-electron chi connectivity index (χ3n) is 3.15. The van der Waals surface area contributed by atoms with Crippen LogP contribution < -0.4 is 20.5 Å². The lowest BCUT2D eigenvalue weighted by molar-refractivity contribution is -0.118. The number of carbonyl (C=O) groups is 1. The number of benzene rings is 2. The Bertz CT molecular complexity index is 690. The summed E-state index contributed by atoms with van der Waals surface area (Å²) in [5.41, 5.74) is 6.91. The van der Waals surface area contributed by atoms with Crippen LogP contribution in [0.25, 0.3) is 0 Å². The largest absolute Gasteiger partial charge is 0.454 e. The number of nitrogens with two attached hydrogens (primary N) is 1. The summed E-state index contributed by atoms with van der Waals surface area (Å²) in [4.78, 5) is 11.7. The summed E-state index contributed by atoms with van der Waals surface area (Å²) in [5.74, 6) is 0.769. The van der Waals surface area contributed by atoms with Gasteiger partial charge in [0.1, 0.15) is 6.04 Å². The zero-order chi connectivity index (χ0) is 14.8. The average Bonchev–Trinajstić information content (AvgIpc) is 2.92. The predicted octanol–water partition coefficient (Wildman–Crippen LogP) is 2.71. The normalized spacial score (nSPS) is 13.8. The Morgan fingerprint density at radius 3 is 2.76 bits per heavy atom. The van der Waals surface area contributed by atoms with Gasteiger partial charge >= 0.3 is 0 Å². The van der Waals surface area contributed by atoms with Crippen molar-refractivity contribution in [2.24, 2.45) is 5.73 Å². The lowest BCUT2D eigenvalue weighted by Crippen LogP contribution is -2.27. The number of fused-ring (bicyclic) bond motifs is 1. The van der Waals surface area contributed by atoms with Gasteiger partial charge in [0.2, 0.25) is 12.7 Å². The van der Waals surface area contributed by atoms with Gasteiger partial charge in [-0.3, -0.25) is 4.79 Å². The third-order valence-corrected chi connectivity index (χ3v) is 3.39. The highest BCUT2D eigenvalue weighted by Gasteiger charge is 2.21. The van der Waals surface area contributed by atoms with Crippen LogP contribution in [0.4, 0.5) is 5.69 Å². The van der Waals surface area contributed by atoms with Crippen molar-refractivity contribution in [3.63, 3.8) is 0 Å². The van der Waals surface area contributed by atoms with Gasteiger partial charge in [-0.15, -0.1) is 0 Å². The van der Waals surface area contributed by atoms with E-state index < -0.39 is 11.9 Å². The molecule has 1 unspecified atom stereocenters. The van der Waals surface area contributed by atoms with E-state index in [1.54, 1.807) is 36.4 Å². The van der Waals surface area contributed by atoms with Crippen molar-refractivity contribution in [1.82, 2.24) is 0 Å². The molecule has 0 radical (unpaired) electrons. The Morgan fingerprint density at radius 2 is 2.00 bits per heavy atom. The highest BCUT2D eigenvalue weighted by molar-refractivity contribution is 6.30. The van der Waals surface area contributed by atoms with Gasteiger partial charge in [-0.25, -0.2) is 0 Å². The minimum atomic E-state index is -0.682. The number of hydrogen-bond acceptors (Lipinski definition) is 4. The van der Waals surface area contributed by atoms with Crippen molar-refractivity contribution in [3.8, 4) is 11.5 Å². The Hall–Kier alpha value is -2.40. The van der Waals surface area contributed by atoms with E-state index in [9.17, 15) is 4.79 Å². The topological polar surface area (TPSA) is 73.6 Å². The number of hydrogen-bond donors (Lipinski definition) is 2. The van der Waals surface area contributed by atoms with Crippen molar-refractivity contribution >= 4 is 23.2 Å². The molecule has 21 heavy (non-hydrogen) atoms. The second kappa shape index (κ2) is 5.54. The van der Waals surface area contributed by atoms with E-state index >= 15 is 0 Å². The summed E-state index contributed by atoms with van der Waals surface area (Å²) in [6, 6.07) is 11.7. The molecule has 1 heterocycles. The van der Waals surface area contributed by atoms with Crippen molar-refractivity contribution in [3.05, 3.63) is 53.1 Å². The number of primary amides is 1. The fourth-order valence-electron chi connectivity index (χ4n) is 2.16. The molecular formula is C15H13ClN2O3. The van der Waals surface area contributed by atoms with Crippen LogP contribution in [-0.4, -0.2) is 12.7 Å². The first-order valence-corrected chi connectivity index (χ1v) is 6.72. The highest BCUT2D eigenvalue weighted by Crippen LogP contribution is 2.35. The van der Waals surface area contributed by atoms with E-state index in [1.807, 2.05) is 6.07 Å². The number of rotatable bonds is 4. The summed E-state index contributed by atoms with van der Waals surface area (Å²) in [5, 5.41) is 3.65. The zero-order valence-electron chi connectivity index (χ0n) is 11.0. The molecule has 5 nitrogen and oxygen atoms in total. The molecule has 2 aromatic rings. The van der Waals surface area contributed by atoms with E-state index in [0.29, 0.717) is 27.8 Å². The quantitative estimate of drug-likeness (QED) is 0.911. The lowest BCUT2D eigenvalue weighted by Gasteiger charge is -2.17. The molecule has 1 aliphatic rings.